The number of carbonyl (C=O) groups is 6. The average molecular weight is 611 g/mol. The minimum absolute atomic E-state index is 0.149. The lowest BCUT2D eigenvalue weighted by molar-refractivity contribution is -0.160. The highest BCUT2D eigenvalue weighted by Gasteiger charge is 2.25. The largest absolute Gasteiger partial charge is 0.460 e. The Bertz CT molecular complexity index is 1240. The first-order valence-corrected chi connectivity index (χ1v) is 14.4. The first-order chi connectivity index (χ1) is 20.3. The maximum atomic E-state index is 12.5. The quantitative estimate of drug-likeness (QED) is 0.161. The molecule has 0 aliphatic heterocycles. The topological polar surface area (TPSA) is 139 Å². The summed E-state index contributed by atoms with van der Waals surface area (Å²) in [5.41, 5.74) is 0.928. The van der Waals surface area contributed by atoms with Gasteiger partial charge in [0.2, 0.25) is 0 Å². The highest BCUT2D eigenvalue weighted by molar-refractivity contribution is 5.99. The van der Waals surface area contributed by atoms with Crippen molar-refractivity contribution in [3.63, 3.8) is 0 Å². The Labute approximate surface area is 258 Å². The number of hydrogen-bond acceptors (Lipinski definition) is 10. The van der Waals surface area contributed by atoms with Crippen molar-refractivity contribution in [2.24, 2.45) is 11.8 Å². The Balaban J connectivity index is 1.86. The zero-order chi connectivity index (χ0) is 33.2. The summed E-state index contributed by atoms with van der Waals surface area (Å²) in [6, 6.07) is 13.3. The normalized spacial score (nSPS) is 12.8. The molecule has 2 aromatic rings. The molecule has 0 radical (unpaired) electrons. The van der Waals surface area contributed by atoms with Gasteiger partial charge in [0, 0.05) is 11.1 Å². The Morgan fingerprint density at radius 3 is 1.11 bits per heavy atom. The van der Waals surface area contributed by atoms with Crippen LogP contribution in [0.2, 0.25) is 0 Å². The average Bonchev–Trinajstić information content (AvgIpc) is 2.92. The fraction of sp³-hybridized carbons (Fsp3) is 0.471. The summed E-state index contributed by atoms with van der Waals surface area (Å²) in [6.45, 7) is 12.5. The van der Waals surface area contributed by atoms with E-state index in [9.17, 15) is 28.8 Å². The van der Waals surface area contributed by atoms with E-state index < -0.39 is 71.7 Å². The van der Waals surface area contributed by atoms with E-state index >= 15 is 0 Å². The summed E-state index contributed by atoms with van der Waals surface area (Å²) < 4.78 is 20.6. The standard InChI is InChI=1S/C34H42O10/c1-21(17-29(37)43-33(3,4)5)31(39)41-19-27(35)25-13-9-23(10-14-25)24-11-15-26(16-12-24)28(36)20-42-32(40)22(2)18-30(38)44-34(6,7)8/h9-16,21-22H,17-20H2,1-8H3/t21-,22-/m1/s1. The van der Waals surface area contributed by atoms with Crippen LogP contribution in [0.4, 0.5) is 0 Å². The molecule has 0 aliphatic rings. The van der Waals surface area contributed by atoms with Gasteiger partial charge in [-0.25, -0.2) is 0 Å². The molecule has 10 nitrogen and oxygen atoms in total. The zero-order valence-corrected chi connectivity index (χ0v) is 26.7. The minimum Gasteiger partial charge on any atom is -0.460 e. The molecule has 0 fully saturated rings. The van der Waals surface area contributed by atoms with Crippen molar-refractivity contribution in [1.82, 2.24) is 0 Å². The van der Waals surface area contributed by atoms with Crippen molar-refractivity contribution >= 4 is 35.4 Å². The smallest absolute Gasteiger partial charge is 0.309 e. The highest BCUT2D eigenvalue weighted by atomic mass is 16.6. The monoisotopic (exact) mass is 610 g/mol. The van der Waals surface area contributed by atoms with Crippen LogP contribution in [-0.4, -0.2) is 59.9 Å². The lowest BCUT2D eigenvalue weighted by Crippen LogP contribution is -2.27. The molecule has 0 aromatic heterocycles. The van der Waals surface area contributed by atoms with Gasteiger partial charge in [0.05, 0.1) is 24.7 Å². The number of benzene rings is 2. The predicted octanol–water partition coefficient (Wildman–Crippen LogP) is 5.54. The third-order valence-corrected chi connectivity index (χ3v) is 6.03. The SMILES string of the molecule is C[C@H](CC(=O)OC(C)(C)C)C(=O)OCC(=O)c1ccc(-c2ccc(C(=O)COC(=O)[C@H](C)CC(=O)OC(C)(C)C)cc2)cc1. The summed E-state index contributed by atoms with van der Waals surface area (Å²) in [5, 5.41) is 0. The van der Waals surface area contributed by atoms with Crippen LogP contribution in [0.25, 0.3) is 11.1 Å². The minimum atomic E-state index is -0.755. The lowest BCUT2D eigenvalue weighted by atomic mass is 10.0. The summed E-state index contributed by atoms with van der Waals surface area (Å²) in [6.07, 6.45) is -0.298. The molecular weight excluding hydrogens is 568 g/mol. The second-order valence-corrected chi connectivity index (χ2v) is 12.6. The Hall–Kier alpha value is -4.34. The van der Waals surface area contributed by atoms with E-state index in [4.69, 9.17) is 18.9 Å². The Kier molecular flexibility index (Phi) is 12.6. The van der Waals surface area contributed by atoms with Gasteiger partial charge in [-0.3, -0.25) is 28.8 Å². The molecule has 2 aromatic carbocycles. The number of ether oxygens (including phenoxy) is 4. The molecular formula is C34H42O10. The van der Waals surface area contributed by atoms with Gasteiger partial charge in [-0.05, 0) is 52.7 Å². The van der Waals surface area contributed by atoms with Crippen LogP contribution in [0.1, 0.15) is 88.9 Å². The molecule has 2 atom stereocenters. The van der Waals surface area contributed by atoms with E-state index in [-0.39, 0.29) is 12.8 Å². The lowest BCUT2D eigenvalue weighted by Gasteiger charge is -2.20. The maximum absolute atomic E-state index is 12.5. The third kappa shape index (κ3) is 12.5. The molecule has 238 valence electrons. The molecule has 0 bridgehead atoms. The number of carbonyl (C=O) groups excluding carboxylic acids is 6. The van der Waals surface area contributed by atoms with E-state index in [1.54, 1.807) is 90.1 Å². The first kappa shape index (κ1) is 35.9. The van der Waals surface area contributed by atoms with Crippen LogP contribution in [0.5, 0.6) is 0 Å². The second-order valence-electron chi connectivity index (χ2n) is 12.6. The van der Waals surface area contributed by atoms with E-state index in [1.807, 2.05) is 0 Å². The number of Topliss-reactive ketones (excluding diaryl/α,β-unsaturated/α-hetero) is 2. The summed E-state index contributed by atoms with van der Waals surface area (Å²) in [5.74, 6) is -4.68. The van der Waals surface area contributed by atoms with Crippen LogP contribution in [0, 0.1) is 11.8 Å². The molecule has 0 unspecified atom stereocenters. The van der Waals surface area contributed by atoms with Gasteiger partial charge in [-0.1, -0.05) is 62.4 Å². The summed E-state index contributed by atoms with van der Waals surface area (Å²) >= 11 is 0. The van der Waals surface area contributed by atoms with Crippen molar-refractivity contribution in [2.45, 2.75) is 79.4 Å². The molecule has 2 rings (SSSR count). The van der Waals surface area contributed by atoms with E-state index in [2.05, 4.69) is 0 Å². The van der Waals surface area contributed by atoms with Crippen LogP contribution in [0.15, 0.2) is 48.5 Å². The van der Waals surface area contributed by atoms with Gasteiger partial charge in [0.25, 0.3) is 0 Å². The molecule has 0 saturated carbocycles. The highest BCUT2D eigenvalue weighted by Crippen LogP contribution is 2.21. The molecule has 0 aliphatic carbocycles. The van der Waals surface area contributed by atoms with Crippen molar-refractivity contribution in [1.29, 1.82) is 0 Å². The van der Waals surface area contributed by atoms with Gasteiger partial charge in [0.1, 0.15) is 11.2 Å². The van der Waals surface area contributed by atoms with Gasteiger partial charge in [-0.15, -0.1) is 0 Å². The van der Waals surface area contributed by atoms with E-state index in [1.165, 1.54) is 13.8 Å². The summed E-state index contributed by atoms with van der Waals surface area (Å²) in [4.78, 5) is 73.4. The molecule has 0 amide bonds. The van der Waals surface area contributed by atoms with E-state index in [0.717, 1.165) is 11.1 Å². The maximum Gasteiger partial charge on any atom is 0.309 e. The molecule has 0 saturated heterocycles. The van der Waals surface area contributed by atoms with Crippen LogP contribution in [0.3, 0.4) is 0 Å². The third-order valence-electron chi connectivity index (χ3n) is 6.03. The molecule has 0 N–H and O–H groups in total. The molecule has 10 heteroatoms. The van der Waals surface area contributed by atoms with Crippen molar-refractivity contribution in [3.05, 3.63) is 59.7 Å². The van der Waals surface area contributed by atoms with Crippen molar-refractivity contribution < 1.29 is 47.7 Å². The van der Waals surface area contributed by atoms with Crippen LogP contribution >= 0.6 is 0 Å². The summed E-state index contributed by atoms with van der Waals surface area (Å²) in [7, 11) is 0. The first-order valence-electron chi connectivity index (χ1n) is 14.4. The van der Waals surface area contributed by atoms with Crippen LogP contribution in [-0.2, 0) is 38.1 Å². The number of esters is 4. The van der Waals surface area contributed by atoms with Gasteiger partial charge in [0.15, 0.2) is 24.8 Å². The van der Waals surface area contributed by atoms with Crippen molar-refractivity contribution in [2.75, 3.05) is 13.2 Å². The van der Waals surface area contributed by atoms with E-state index in [0.29, 0.717) is 11.1 Å². The zero-order valence-electron chi connectivity index (χ0n) is 26.7. The molecule has 0 heterocycles. The van der Waals surface area contributed by atoms with Crippen LogP contribution < -0.4 is 0 Å². The van der Waals surface area contributed by atoms with Gasteiger partial charge >= 0.3 is 23.9 Å². The molecule has 44 heavy (non-hydrogen) atoms. The fourth-order valence-corrected chi connectivity index (χ4v) is 3.85. The Morgan fingerprint density at radius 1 is 0.545 bits per heavy atom. The second kappa shape index (κ2) is 15.4. The number of ketones is 2. The fourth-order valence-electron chi connectivity index (χ4n) is 3.85. The number of rotatable bonds is 13. The predicted molar refractivity (Wildman–Crippen MR) is 162 cm³/mol. The number of hydrogen-bond donors (Lipinski definition) is 0. The van der Waals surface area contributed by atoms with Gasteiger partial charge in [-0.2, -0.15) is 0 Å². The van der Waals surface area contributed by atoms with Gasteiger partial charge < -0.3 is 18.9 Å². The molecule has 0 spiro atoms. The Morgan fingerprint density at radius 2 is 0.841 bits per heavy atom. The van der Waals surface area contributed by atoms with Crippen molar-refractivity contribution in [3.8, 4) is 11.1 Å².